The van der Waals surface area contributed by atoms with Gasteiger partial charge in [0.2, 0.25) is 0 Å². The molecule has 1 aromatic heterocycles. The van der Waals surface area contributed by atoms with Gasteiger partial charge in [-0.05, 0) is 57.2 Å². The van der Waals surface area contributed by atoms with Crippen molar-refractivity contribution in [3.05, 3.63) is 58.7 Å². The Balaban J connectivity index is 1.68. The largest absolute Gasteiger partial charge is 0.456 e. The number of halogens is 1. The van der Waals surface area contributed by atoms with Gasteiger partial charge in [-0.15, -0.1) is 11.3 Å². The molecule has 0 fully saturated rings. The molecule has 5 nitrogen and oxygen atoms in total. The van der Waals surface area contributed by atoms with E-state index < -0.39 is 5.60 Å². The Kier molecular flexibility index (Phi) is 4.78. The monoisotopic (exact) mass is 411 g/mol. The molecule has 1 atom stereocenters. The number of nitrogens with zero attached hydrogens (tertiary/aromatic N) is 2. The molecular formula is C22H22FN3O2S. The molecule has 0 spiro atoms. The van der Waals surface area contributed by atoms with Gasteiger partial charge in [0.1, 0.15) is 16.3 Å². The third kappa shape index (κ3) is 3.96. The quantitative estimate of drug-likeness (QED) is 0.598. The molecule has 2 aromatic carbocycles. The average Bonchev–Trinajstić information content (AvgIpc) is 3.07. The van der Waals surface area contributed by atoms with Crippen molar-refractivity contribution in [2.75, 3.05) is 17.3 Å². The highest BCUT2D eigenvalue weighted by atomic mass is 32.1. The zero-order valence-corrected chi connectivity index (χ0v) is 17.5. The van der Waals surface area contributed by atoms with E-state index in [2.05, 4.69) is 10.3 Å². The number of anilines is 2. The summed E-state index contributed by atoms with van der Waals surface area (Å²) in [5, 5.41) is 4.20. The maximum Gasteiger partial charge on any atom is 0.348 e. The van der Waals surface area contributed by atoms with E-state index >= 15 is 0 Å². The van der Waals surface area contributed by atoms with Crippen LogP contribution in [0.5, 0.6) is 0 Å². The minimum atomic E-state index is -0.546. The fraction of sp³-hybridized carbons (Fsp3) is 0.273. The SMILES string of the molecule is CN1c2c(ccc3sc(C(=O)OC(C)(C)C)cc23)C=NC1Nc1cccc(F)c1. The maximum atomic E-state index is 13.5. The van der Waals surface area contributed by atoms with Gasteiger partial charge in [0, 0.05) is 34.6 Å². The van der Waals surface area contributed by atoms with E-state index in [1.807, 2.05) is 50.9 Å². The summed E-state index contributed by atoms with van der Waals surface area (Å²) in [6.45, 7) is 5.56. The first-order chi connectivity index (χ1) is 13.7. The van der Waals surface area contributed by atoms with Crippen LogP contribution < -0.4 is 10.2 Å². The highest BCUT2D eigenvalue weighted by Crippen LogP contribution is 2.38. The first-order valence-electron chi connectivity index (χ1n) is 9.29. The van der Waals surface area contributed by atoms with Crippen LogP contribution in [0.3, 0.4) is 0 Å². The van der Waals surface area contributed by atoms with Crippen LogP contribution in [-0.4, -0.2) is 31.1 Å². The van der Waals surface area contributed by atoms with Gasteiger partial charge >= 0.3 is 5.97 Å². The number of rotatable bonds is 3. The Morgan fingerprint density at radius 3 is 2.76 bits per heavy atom. The molecule has 0 saturated heterocycles. The Morgan fingerprint density at radius 2 is 2.03 bits per heavy atom. The first kappa shape index (κ1) is 19.4. The molecule has 1 aliphatic rings. The topological polar surface area (TPSA) is 53.9 Å². The second-order valence-corrected chi connectivity index (χ2v) is 9.03. The van der Waals surface area contributed by atoms with Crippen LogP contribution in [0.2, 0.25) is 0 Å². The third-order valence-corrected chi connectivity index (χ3v) is 5.58. The van der Waals surface area contributed by atoms with Gasteiger partial charge in [0.25, 0.3) is 0 Å². The molecule has 29 heavy (non-hydrogen) atoms. The molecule has 2 heterocycles. The Bertz CT molecular complexity index is 1120. The lowest BCUT2D eigenvalue weighted by atomic mass is 10.1. The van der Waals surface area contributed by atoms with Crippen LogP contribution in [0.1, 0.15) is 36.0 Å². The summed E-state index contributed by atoms with van der Waals surface area (Å²) in [5.41, 5.74) is 2.04. The van der Waals surface area contributed by atoms with E-state index in [-0.39, 0.29) is 18.1 Å². The van der Waals surface area contributed by atoms with Crippen LogP contribution in [0.4, 0.5) is 15.8 Å². The summed E-state index contributed by atoms with van der Waals surface area (Å²) < 4.78 is 20.0. The molecule has 150 valence electrons. The first-order valence-corrected chi connectivity index (χ1v) is 10.1. The summed E-state index contributed by atoms with van der Waals surface area (Å²) in [4.78, 5) is 19.6. The molecule has 0 amide bonds. The number of carbonyl (C=O) groups excluding carboxylic acids is 1. The van der Waals surface area contributed by atoms with E-state index in [0.29, 0.717) is 10.6 Å². The number of ether oxygens (including phenoxy) is 1. The number of esters is 1. The lowest BCUT2D eigenvalue weighted by Gasteiger charge is -2.33. The van der Waals surface area contributed by atoms with Crippen LogP contribution in [0.25, 0.3) is 10.1 Å². The minimum absolute atomic E-state index is 0.305. The normalized spacial score (nSPS) is 16.0. The van der Waals surface area contributed by atoms with Gasteiger partial charge in [-0.1, -0.05) is 6.07 Å². The highest BCUT2D eigenvalue weighted by molar-refractivity contribution is 7.20. The molecule has 7 heteroatoms. The standard InChI is InChI=1S/C22H22FN3O2S/c1-22(2,3)28-20(27)18-11-16-17(29-18)9-8-13-12-24-21(26(4)19(13)16)25-15-7-5-6-14(23)10-15/h5-12,21,25H,1-4H3. The number of nitrogens with one attached hydrogen (secondary N) is 1. The summed E-state index contributed by atoms with van der Waals surface area (Å²) in [6, 6.07) is 12.2. The van der Waals surface area contributed by atoms with Crippen molar-refractivity contribution in [3.8, 4) is 0 Å². The zero-order valence-electron chi connectivity index (χ0n) is 16.7. The summed E-state index contributed by atoms with van der Waals surface area (Å²) in [7, 11) is 1.93. The van der Waals surface area contributed by atoms with Crippen LogP contribution in [0, 0.1) is 5.82 Å². The molecule has 4 rings (SSSR count). The van der Waals surface area contributed by atoms with Crippen molar-refractivity contribution in [1.82, 2.24) is 0 Å². The smallest absolute Gasteiger partial charge is 0.348 e. The second kappa shape index (κ2) is 7.15. The second-order valence-electron chi connectivity index (χ2n) is 7.95. The van der Waals surface area contributed by atoms with Gasteiger partial charge in [0.15, 0.2) is 6.29 Å². The Labute approximate surface area is 172 Å². The molecule has 3 aromatic rings. The van der Waals surface area contributed by atoms with Gasteiger partial charge < -0.3 is 15.0 Å². The van der Waals surface area contributed by atoms with E-state index in [0.717, 1.165) is 21.3 Å². The molecular weight excluding hydrogens is 389 g/mol. The van der Waals surface area contributed by atoms with E-state index in [4.69, 9.17) is 4.74 Å². The zero-order chi connectivity index (χ0) is 20.8. The molecule has 0 bridgehead atoms. The fourth-order valence-corrected chi connectivity index (χ4v) is 4.22. The van der Waals surface area contributed by atoms with Gasteiger partial charge in [0.05, 0.1) is 5.69 Å². The number of benzene rings is 2. The molecule has 0 radical (unpaired) electrons. The van der Waals surface area contributed by atoms with Crippen molar-refractivity contribution in [2.45, 2.75) is 32.7 Å². The van der Waals surface area contributed by atoms with E-state index in [1.54, 1.807) is 18.3 Å². The van der Waals surface area contributed by atoms with Gasteiger partial charge in [-0.3, -0.25) is 0 Å². The fourth-order valence-electron chi connectivity index (χ4n) is 3.28. The predicted molar refractivity (Wildman–Crippen MR) is 117 cm³/mol. The number of hydrogen-bond donors (Lipinski definition) is 1. The molecule has 0 saturated carbocycles. The predicted octanol–water partition coefficient (Wildman–Crippen LogP) is 5.26. The third-order valence-electron chi connectivity index (χ3n) is 4.50. The van der Waals surface area contributed by atoms with Gasteiger partial charge in [-0.25, -0.2) is 14.2 Å². The maximum absolute atomic E-state index is 13.5. The van der Waals surface area contributed by atoms with Crippen LogP contribution in [-0.2, 0) is 4.74 Å². The molecule has 1 unspecified atom stereocenters. The highest BCUT2D eigenvalue weighted by Gasteiger charge is 2.25. The van der Waals surface area contributed by atoms with Gasteiger partial charge in [-0.2, -0.15) is 0 Å². The summed E-state index contributed by atoms with van der Waals surface area (Å²) in [5.74, 6) is -0.630. The minimum Gasteiger partial charge on any atom is -0.456 e. The number of aliphatic imine (C=N–C) groups is 1. The lowest BCUT2D eigenvalue weighted by Crippen LogP contribution is -2.39. The van der Waals surface area contributed by atoms with Crippen molar-refractivity contribution in [1.29, 1.82) is 0 Å². The van der Waals surface area contributed by atoms with Crippen molar-refractivity contribution < 1.29 is 13.9 Å². The molecule has 0 aliphatic carbocycles. The Hall–Kier alpha value is -2.93. The van der Waals surface area contributed by atoms with Crippen molar-refractivity contribution >= 4 is 45.0 Å². The number of carbonyl (C=O) groups is 1. The number of hydrogen-bond acceptors (Lipinski definition) is 6. The lowest BCUT2D eigenvalue weighted by molar-refractivity contribution is 0.00753. The Morgan fingerprint density at radius 1 is 1.24 bits per heavy atom. The number of thiophene rings is 1. The van der Waals surface area contributed by atoms with Crippen LogP contribution >= 0.6 is 11.3 Å². The van der Waals surface area contributed by atoms with E-state index in [1.165, 1.54) is 23.5 Å². The van der Waals surface area contributed by atoms with Crippen molar-refractivity contribution in [2.24, 2.45) is 4.99 Å². The molecule has 1 aliphatic heterocycles. The van der Waals surface area contributed by atoms with Crippen LogP contribution in [0.15, 0.2) is 47.5 Å². The summed E-state index contributed by atoms with van der Waals surface area (Å²) in [6.07, 6.45) is 1.41. The average molecular weight is 412 g/mol. The van der Waals surface area contributed by atoms with E-state index in [9.17, 15) is 9.18 Å². The van der Waals surface area contributed by atoms with Crippen molar-refractivity contribution in [3.63, 3.8) is 0 Å². The summed E-state index contributed by atoms with van der Waals surface area (Å²) >= 11 is 1.41. The molecule has 1 N–H and O–H groups in total. The number of fused-ring (bicyclic) bond motifs is 3.